The van der Waals surface area contributed by atoms with Gasteiger partial charge >= 0.3 is 0 Å². The van der Waals surface area contributed by atoms with Gasteiger partial charge in [-0.15, -0.1) is 0 Å². The Bertz CT molecular complexity index is 713. The first-order chi connectivity index (χ1) is 10.5. The highest BCUT2D eigenvalue weighted by molar-refractivity contribution is 5.74. The molecule has 1 atom stereocenters. The molecule has 1 aliphatic rings. The van der Waals surface area contributed by atoms with E-state index in [1.54, 1.807) is 37.3 Å². The molecule has 0 amide bonds. The van der Waals surface area contributed by atoms with Gasteiger partial charge in [-0.2, -0.15) is 0 Å². The van der Waals surface area contributed by atoms with Crippen molar-refractivity contribution < 1.29 is 19.5 Å². The molecule has 0 saturated heterocycles. The van der Waals surface area contributed by atoms with Crippen LogP contribution in [0.3, 0.4) is 0 Å². The maximum absolute atomic E-state index is 11.2. The van der Waals surface area contributed by atoms with Crippen molar-refractivity contribution in [2.45, 2.75) is 13.0 Å². The fourth-order valence-electron chi connectivity index (χ4n) is 2.18. The average Bonchev–Trinajstić information content (AvgIpc) is 2.94. The van der Waals surface area contributed by atoms with Crippen LogP contribution in [0, 0.1) is 10.1 Å². The molecule has 0 fully saturated rings. The quantitative estimate of drug-likeness (QED) is 0.665. The van der Waals surface area contributed by atoms with E-state index in [9.17, 15) is 15.2 Å². The molecule has 0 saturated carbocycles. The summed E-state index contributed by atoms with van der Waals surface area (Å²) in [5.74, 6) is 0.829. The topological polar surface area (TPSA) is 93.9 Å². The third-order valence-corrected chi connectivity index (χ3v) is 3.36. The molecule has 2 aromatic carbocycles. The number of fused-ring (bicyclic) bond motifs is 1. The van der Waals surface area contributed by atoms with Gasteiger partial charge in [-0.05, 0) is 24.6 Å². The first-order valence-corrected chi connectivity index (χ1v) is 6.67. The monoisotopic (exact) mass is 302 g/mol. The molecule has 0 spiro atoms. The predicted molar refractivity (Wildman–Crippen MR) is 79.6 cm³/mol. The van der Waals surface area contributed by atoms with E-state index in [1.165, 1.54) is 6.07 Å². The molecule has 0 bridgehead atoms. The van der Waals surface area contributed by atoms with E-state index in [0.717, 1.165) is 5.56 Å². The van der Waals surface area contributed by atoms with Crippen LogP contribution in [0.25, 0.3) is 0 Å². The summed E-state index contributed by atoms with van der Waals surface area (Å²) in [5.41, 5.74) is 1.67. The average molecular weight is 302 g/mol. The van der Waals surface area contributed by atoms with Crippen molar-refractivity contribution in [2.75, 3.05) is 12.1 Å². The van der Waals surface area contributed by atoms with Crippen molar-refractivity contribution in [1.82, 2.24) is 0 Å². The van der Waals surface area contributed by atoms with E-state index in [4.69, 9.17) is 9.47 Å². The van der Waals surface area contributed by atoms with E-state index < -0.39 is 11.0 Å². The van der Waals surface area contributed by atoms with Crippen LogP contribution in [0.5, 0.6) is 11.5 Å². The summed E-state index contributed by atoms with van der Waals surface area (Å²) in [7, 11) is 0. The van der Waals surface area contributed by atoms with Gasteiger partial charge in [-0.25, -0.2) is 0 Å². The lowest BCUT2D eigenvalue weighted by molar-refractivity contribution is -0.384. The molecule has 3 rings (SSSR count). The number of hydrogen-bond donors (Lipinski definition) is 2. The second-order valence-electron chi connectivity index (χ2n) is 4.90. The second-order valence-corrected chi connectivity index (χ2v) is 4.90. The van der Waals surface area contributed by atoms with Crippen molar-refractivity contribution in [3.63, 3.8) is 0 Å². The predicted octanol–water partition coefficient (Wildman–Crippen LogP) is 3.12. The molecule has 2 aromatic rings. The third kappa shape index (κ3) is 2.66. The summed E-state index contributed by atoms with van der Waals surface area (Å²) in [4.78, 5) is 10.7. The van der Waals surface area contributed by atoms with Gasteiger partial charge in [-0.3, -0.25) is 10.1 Å². The molecule has 0 aromatic heterocycles. The summed E-state index contributed by atoms with van der Waals surface area (Å²) in [6.07, 6.45) is -0.561. The van der Waals surface area contributed by atoms with Crippen LogP contribution in [0.1, 0.15) is 18.6 Å². The lowest BCUT2D eigenvalue weighted by Gasteiger charge is -2.10. The normalized spacial score (nSPS) is 13.7. The van der Waals surface area contributed by atoms with Crippen molar-refractivity contribution in [3.8, 4) is 11.5 Å². The molecular weight excluding hydrogens is 288 g/mol. The number of aliphatic hydroxyl groups is 1. The number of nitro benzene ring substituents is 1. The number of rotatable bonds is 4. The summed E-state index contributed by atoms with van der Waals surface area (Å²) in [6.45, 7) is 1.73. The summed E-state index contributed by atoms with van der Waals surface area (Å²) < 4.78 is 10.4. The Morgan fingerprint density at radius 2 is 1.86 bits per heavy atom. The number of anilines is 2. The lowest BCUT2D eigenvalue weighted by Crippen LogP contribution is -1.98. The minimum Gasteiger partial charge on any atom is -0.454 e. The largest absolute Gasteiger partial charge is 0.454 e. The molecule has 0 radical (unpaired) electrons. The molecule has 7 heteroatoms. The zero-order chi connectivity index (χ0) is 15.7. The summed E-state index contributed by atoms with van der Waals surface area (Å²) >= 11 is 0. The van der Waals surface area contributed by atoms with Gasteiger partial charge < -0.3 is 19.9 Å². The molecule has 2 N–H and O–H groups in total. The second kappa shape index (κ2) is 5.53. The standard InChI is InChI=1S/C15H14N2O5/c1-9(18)10-2-4-11(5-3-10)16-12-6-14-15(22-8-21-14)7-13(12)17(19)20/h2-7,9,16,18H,8H2,1H3. The van der Waals surface area contributed by atoms with Crippen LogP contribution < -0.4 is 14.8 Å². The Labute approximate surface area is 126 Å². The zero-order valence-corrected chi connectivity index (χ0v) is 11.8. The summed E-state index contributed by atoms with van der Waals surface area (Å²) in [6, 6.07) is 9.89. The van der Waals surface area contributed by atoms with Crippen LogP contribution in [-0.4, -0.2) is 16.8 Å². The van der Waals surface area contributed by atoms with Gasteiger partial charge in [0.05, 0.1) is 17.1 Å². The first-order valence-electron chi connectivity index (χ1n) is 6.67. The minimum atomic E-state index is -0.561. The fourth-order valence-corrected chi connectivity index (χ4v) is 2.18. The van der Waals surface area contributed by atoms with Gasteiger partial charge in [0, 0.05) is 11.8 Å². The number of nitrogens with zero attached hydrogens (tertiary/aromatic N) is 1. The van der Waals surface area contributed by atoms with Crippen LogP contribution in [-0.2, 0) is 0 Å². The Hall–Kier alpha value is -2.80. The maximum Gasteiger partial charge on any atom is 0.296 e. The fraction of sp³-hybridized carbons (Fsp3) is 0.200. The number of hydrogen-bond acceptors (Lipinski definition) is 6. The highest BCUT2D eigenvalue weighted by Crippen LogP contribution is 2.41. The van der Waals surface area contributed by atoms with E-state index in [1.807, 2.05) is 0 Å². The van der Waals surface area contributed by atoms with Gasteiger partial charge in [0.2, 0.25) is 6.79 Å². The molecule has 7 nitrogen and oxygen atoms in total. The first kappa shape index (κ1) is 14.2. The van der Waals surface area contributed by atoms with Crippen molar-refractivity contribution in [2.24, 2.45) is 0 Å². The van der Waals surface area contributed by atoms with E-state index in [0.29, 0.717) is 22.9 Å². The highest BCUT2D eigenvalue weighted by Gasteiger charge is 2.23. The molecule has 114 valence electrons. The Morgan fingerprint density at radius 1 is 1.23 bits per heavy atom. The molecule has 0 aliphatic carbocycles. The molecule has 1 heterocycles. The SMILES string of the molecule is CC(O)c1ccc(Nc2cc3c(cc2[N+](=O)[O-])OCO3)cc1. The Kier molecular flexibility index (Phi) is 3.56. The molecule has 1 unspecified atom stereocenters. The number of ether oxygens (including phenoxy) is 2. The smallest absolute Gasteiger partial charge is 0.296 e. The van der Waals surface area contributed by atoms with Gasteiger partial charge in [-0.1, -0.05) is 12.1 Å². The number of benzene rings is 2. The Morgan fingerprint density at radius 3 is 2.45 bits per heavy atom. The van der Waals surface area contributed by atoms with Crippen LogP contribution >= 0.6 is 0 Å². The van der Waals surface area contributed by atoms with Crippen LogP contribution in [0.4, 0.5) is 17.1 Å². The van der Waals surface area contributed by atoms with Crippen molar-refractivity contribution in [1.29, 1.82) is 0 Å². The molecule has 1 aliphatic heterocycles. The minimum absolute atomic E-state index is 0.0546. The highest BCUT2D eigenvalue weighted by atomic mass is 16.7. The Balaban J connectivity index is 1.92. The summed E-state index contributed by atoms with van der Waals surface area (Å²) in [5, 5.41) is 23.7. The molecular formula is C15H14N2O5. The maximum atomic E-state index is 11.2. The lowest BCUT2D eigenvalue weighted by atomic mass is 10.1. The van der Waals surface area contributed by atoms with Gasteiger partial charge in [0.15, 0.2) is 11.5 Å². The van der Waals surface area contributed by atoms with E-state index in [-0.39, 0.29) is 12.5 Å². The van der Waals surface area contributed by atoms with Crippen LogP contribution in [0.15, 0.2) is 36.4 Å². The third-order valence-electron chi connectivity index (χ3n) is 3.36. The van der Waals surface area contributed by atoms with E-state index >= 15 is 0 Å². The number of nitrogens with one attached hydrogen (secondary N) is 1. The number of aliphatic hydroxyl groups excluding tert-OH is 1. The van der Waals surface area contributed by atoms with Crippen molar-refractivity contribution in [3.05, 3.63) is 52.1 Å². The van der Waals surface area contributed by atoms with E-state index in [2.05, 4.69) is 5.32 Å². The number of nitro groups is 1. The van der Waals surface area contributed by atoms with Crippen molar-refractivity contribution >= 4 is 17.1 Å². The van der Waals surface area contributed by atoms with Crippen LogP contribution in [0.2, 0.25) is 0 Å². The van der Waals surface area contributed by atoms with Gasteiger partial charge in [0.25, 0.3) is 5.69 Å². The van der Waals surface area contributed by atoms with Gasteiger partial charge in [0.1, 0.15) is 5.69 Å². The molecule has 22 heavy (non-hydrogen) atoms. The zero-order valence-electron chi connectivity index (χ0n) is 11.8.